The molecule has 20 heavy (non-hydrogen) atoms. The van der Waals surface area contributed by atoms with Gasteiger partial charge in [0.15, 0.2) is 0 Å². The molecule has 2 N–H and O–H groups in total. The maximum absolute atomic E-state index is 12.1. The van der Waals surface area contributed by atoms with Gasteiger partial charge in [-0.3, -0.25) is 4.79 Å². The van der Waals surface area contributed by atoms with Gasteiger partial charge in [-0.2, -0.15) is 0 Å². The number of carbonyl (C=O) groups excluding carboxylic acids is 1. The third-order valence-corrected chi connectivity index (χ3v) is 3.27. The van der Waals surface area contributed by atoms with E-state index in [1.165, 1.54) is 0 Å². The van der Waals surface area contributed by atoms with Crippen molar-refractivity contribution in [3.05, 3.63) is 59.7 Å². The molecule has 4 heteroatoms. The van der Waals surface area contributed by atoms with Gasteiger partial charge < -0.3 is 15.4 Å². The summed E-state index contributed by atoms with van der Waals surface area (Å²) in [5.41, 5.74) is 2.53. The molecule has 102 valence electrons. The van der Waals surface area contributed by atoms with Crippen LogP contribution in [0.2, 0.25) is 0 Å². The molecule has 0 aromatic heterocycles. The van der Waals surface area contributed by atoms with Crippen molar-refractivity contribution in [3.63, 3.8) is 0 Å². The van der Waals surface area contributed by atoms with E-state index in [0.717, 1.165) is 17.0 Å². The number of hydrogen-bond acceptors (Lipinski definition) is 3. The van der Waals surface area contributed by atoms with Gasteiger partial charge in [-0.25, -0.2) is 0 Å². The zero-order valence-corrected chi connectivity index (χ0v) is 11.2. The second kappa shape index (κ2) is 5.25. The molecule has 0 aliphatic carbocycles. The Morgan fingerprint density at radius 1 is 1.05 bits per heavy atom. The van der Waals surface area contributed by atoms with E-state index in [1.54, 1.807) is 0 Å². The molecule has 0 radical (unpaired) electrons. The molecule has 0 saturated carbocycles. The molecule has 3 rings (SSSR count). The zero-order valence-electron chi connectivity index (χ0n) is 11.2. The fraction of sp³-hybridized carbons (Fsp3) is 0.188. The summed E-state index contributed by atoms with van der Waals surface area (Å²) >= 11 is 0. The number of amides is 1. The van der Waals surface area contributed by atoms with Gasteiger partial charge in [0.2, 0.25) is 0 Å². The number of benzene rings is 2. The van der Waals surface area contributed by atoms with Crippen LogP contribution in [0.3, 0.4) is 0 Å². The van der Waals surface area contributed by atoms with Gasteiger partial charge in [0, 0.05) is 5.69 Å². The van der Waals surface area contributed by atoms with Gasteiger partial charge in [-0.1, -0.05) is 24.3 Å². The topological polar surface area (TPSA) is 50.4 Å². The molecule has 2 aromatic rings. The zero-order chi connectivity index (χ0) is 13.9. The summed E-state index contributed by atoms with van der Waals surface area (Å²) in [4.78, 5) is 12.1. The molecule has 0 spiro atoms. The minimum absolute atomic E-state index is 0.0572. The minimum Gasteiger partial charge on any atom is -0.494 e. The Balaban J connectivity index is 1.84. The van der Waals surface area contributed by atoms with Crippen LogP contribution >= 0.6 is 0 Å². The molecule has 0 bridgehead atoms. The second-order valence-electron chi connectivity index (χ2n) is 4.60. The van der Waals surface area contributed by atoms with E-state index in [9.17, 15) is 4.79 Å². The van der Waals surface area contributed by atoms with Crippen molar-refractivity contribution in [2.75, 3.05) is 11.9 Å². The van der Waals surface area contributed by atoms with E-state index in [0.29, 0.717) is 12.2 Å². The third-order valence-electron chi connectivity index (χ3n) is 3.27. The van der Waals surface area contributed by atoms with Crippen LogP contribution in [-0.4, -0.2) is 12.5 Å². The number of rotatable bonds is 3. The van der Waals surface area contributed by atoms with Crippen LogP contribution < -0.4 is 15.4 Å². The highest BCUT2D eigenvalue weighted by Gasteiger charge is 2.23. The van der Waals surface area contributed by atoms with Crippen LogP contribution in [0.5, 0.6) is 5.75 Å². The molecule has 0 saturated heterocycles. The molecule has 1 heterocycles. The van der Waals surface area contributed by atoms with E-state index < -0.39 is 0 Å². The molecule has 0 fully saturated rings. The van der Waals surface area contributed by atoms with Crippen molar-refractivity contribution >= 4 is 11.6 Å². The van der Waals surface area contributed by atoms with Crippen LogP contribution in [0.4, 0.5) is 5.69 Å². The first-order valence-corrected chi connectivity index (χ1v) is 6.67. The van der Waals surface area contributed by atoms with Gasteiger partial charge in [0.1, 0.15) is 11.9 Å². The highest BCUT2D eigenvalue weighted by molar-refractivity contribution is 6.01. The predicted octanol–water partition coefficient (Wildman–Crippen LogP) is 2.94. The van der Waals surface area contributed by atoms with Crippen molar-refractivity contribution in [2.24, 2.45) is 0 Å². The van der Waals surface area contributed by atoms with Crippen molar-refractivity contribution < 1.29 is 9.53 Å². The Hall–Kier alpha value is -2.49. The number of hydrogen-bond donors (Lipinski definition) is 2. The number of nitrogens with one attached hydrogen (secondary N) is 2. The Morgan fingerprint density at radius 2 is 1.80 bits per heavy atom. The van der Waals surface area contributed by atoms with Gasteiger partial charge in [-0.05, 0) is 36.8 Å². The van der Waals surface area contributed by atoms with Gasteiger partial charge in [-0.15, -0.1) is 0 Å². The molecule has 0 unspecified atom stereocenters. The number of para-hydroxylation sites is 1. The first-order valence-electron chi connectivity index (χ1n) is 6.67. The minimum atomic E-state index is -0.215. The highest BCUT2D eigenvalue weighted by atomic mass is 16.5. The summed E-state index contributed by atoms with van der Waals surface area (Å²) in [5.74, 6) is 0.775. The Bertz CT molecular complexity index is 623. The maximum atomic E-state index is 12.1. The Labute approximate surface area is 117 Å². The Morgan fingerprint density at radius 3 is 2.55 bits per heavy atom. The monoisotopic (exact) mass is 268 g/mol. The van der Waals surface area contributed by atoms with E-state index in [2.05, 4.69) is 10.6 Å². The molecule has 2 aromatic carbocycles. The largest absolute Gasteiger partial charge is 0.494 e. The van der Waals surface area contributed by atoms with Crippen LogP contribution in [-0.2, 0) is 0 Å². The molecule has 4 nitrogen and oxygen atoms in total. The smallest absolute Gasteiger partial charge is 0.255 e. The van der Waals surface area contributed by atoms with Gasteiger partial charge in [0.25, 0.3) is 5.91 Å². The third kappa shape index (κ3) is 2.32. The summed E-state index contributed by atoms with van der Waals surface area (Å²) < 4.78 is 5.42. The summed E-state index contributed by atoms with van der Waals surface area (Å²) in [7, 11) is 0. The summed E-state index contributed by atoms with van der Waals surface area (Å²) in [6.07, 6.45) is -0.215. The van der Waals surface area contributed by atoms with Crippen LogP contribution in [0.25, 0.3) is 0 Å². The lowest BCUT2D eigenvalue weighted by Gasteiger charge is -2.28. The van der Waals surface area contributed by atoms with E-state index in [-0.39, 0.29) is 12.1 Å². The lowest BCUT2D eigenvalue weighted by atomic mass is 10.1. The second-order valence-corrected chi connectivity index (χ2v) is 4.60. The quantitative estimate of drug-likeness (QED) is 0.899. The molecule has 1 aliphatic rings. The first kappa shape index (κ1) is 12.5. The van der Waals surface area contributed by atoms with Gasteiger partial charge in [0.05, 0.1) is 12.2 Å². The highest BCUT2D eigenvalue weighted by Crippen LogP contribution is 2.27. The van der Waals surface area contributed by atoms with E-state index in [1.807, 2.05) is 55.5 Å². The molecule has 1 aliphatic heterocycles. The first-order chi connectivity index (χ1) is 9.78. The van der Waals surface area contributed by atoms with E-state index in [4.69, 9.17) is 4.74 Å². The average Bonchev–Trinajstić information content (AvgIpc) is 2.48. The van der Waals surface area contributed by atoms with Gasteiger partial charge >= 0.3 is 0 Å². The normalized spacial score (nSPS) is 16.9. The number of carbonyl (C=O) groups is 1. The summed E-state index contributed by atoms with van der Waals surface area (Å²) in [5, 5.41) is 6.27. The van der Waals surface area contributed by atoms with Crippen LogP contribution in [0.1, 0.15) is 29.0 Å². The Kier molecular flexibility index (Phi) is 3.29. The standard InChI is InChI=1S/C16H16N2O2/c1-2-20-12-9-7-11(8-10-12)15-17-14-6-4-3-5-13(14)16(19)18-15/h3-10,15,17H,2H2,1H3,(H,18,19)/t15-/m1/s1. The fourth-order valence-electron chi connectivity index (χ4n) is 2.30. The number of anilines is 1. The average molecular weight is 268 g/mol. The molecular formula is C16H16N2O2. The van der Waals surface area contributed by atoms with Crippen LogP contribution in [0.15, 0.2) is 48.5 Å². The van der Waals surface area contributed by atoms with Crippen molar-refractivity contribution in [3.8, 4) is 5.75 Å². The molecule has 1 atom stereocenters. The fourth-order valence-corrected chi connectivity index (χ4v) is 2.30. The van der Waals surface area contributed by atoms with Crippen molar-refractivity contribution in [1.29, 1.82) is 0 Å². The maximum Gasteiger partial charge on any atom is 0.255 e. The predicted molar refractivity (Wildman–Crippen MR) is 77.9 cm³/mol. The van der Waals surface area contributed by atoms with Crippen molar-refractivity contribution in [2.45, 2.75) is 13.1 Å². The lowest BCUT2D eigenvalue weighted by molar-refractivity contribution is 0.0935. The van der Waals surface area contributed by atoms with Crippen molar-refractivity contribution in [1.82, 2.24) is 5.32 Å². The summed E-state index contributed by atoms with van der Waals surface area (Å²) in [6, 6.07) is 15.2. The molecule has 1 amide bonds. The number of fused-ring (bicyclic) bond motifs is 1. The number of ether oxygens (including phenoxy) is 1. The van der Waals surface area contributed by atoms with E-state index >= 15 is 0 Å². The SMILES string of the molecule is CCOc1ccc([C@H]2NC(=O)c3ccccc3N2)cc1. The molecular weight excluding hydrogens is 252 g/mol. The summed E-state index contributed by atoms with van der Waals surface area (Å²) in [6.45, 7) is 2.60. The van der Waals surface area contributed by atoms with Crippen LogP contribution in [0, 0.1) is 0 Å². The lowest BCUT2D eigenvalue weighted by Crippen LogP contribution is -2.38.